The third-order valence-electron chi connectivity index (χ3n) is 6.46. The number of hydrogen-bond acceptors (Lipinski definition) is 5. The molecule has 3 N–H and O–H groups in total. The molecule has 0 unspecified atom stereocenters. The van der Waals surface area contributed by atoms with Crippen LogP contribution in [-0.2, 0) is 11.3 Å². The van der Waals surface area contributed by atoms with Crippen LogP contribution in [0.5, 0.6) is 5.75 Å². The largest absolute Gasteiger partial charge is 0.488 e. The zero-order valence-electron chi connectivity index (χ0n) is 17.9. The molecule has 1 heterocycles. The Kier molecular flexibility index (Phi) is 7.22. The summed E-state index contributed by atoms with van der Waals surface area (Å²) in [5.41, 5.74) is 6.95. The first-order chi connectivity index (χ1) is 15.1. The second kappa shape index (κ2) is 10.3. The van der Waals surface area contributed by atoms with Crippen molar-refractivity contribution in [2.45, 2.75) is 38.1 Å². The molecule has 2 aromatic carbocycles. The van der Waals surface area contributed by atoms with Crippen LogP contribution < -0.4 is 10.5 Å². The van der Waals surface area contributed by atoms with Gasteiger partial charge in [0.1, 0.15) is 11.9 Å². The zero-order valence-corrected chi connectivity index (χ0v) is 17.9. The van der Waals surface area contributed by atoms with Crippen molar-refractivity contribution in [2.24, 2.45) is 17.6 Å². The van der Waals surface area contributed by atoms with Crippen molar-refractivity contribution in [2.75, 3.05) is 26.2 Å². The second-order valence-corrected chi connectivity index (χ2v) is 8.76. The molecule has 2 fully saturated rings. The van der Waals surface area contributed by atoms with E-state index in [0.29, 0.717) is 29.8 Å². The molecule has 1 amide bonds. The highest BCUT2D eigenvalue weighted by molar-refractivity contribution is 5.92. The first kappa shape index (κ1) is 21.8. The molecule has 1 saturated carbocycles. The molecule has 6 heteroatoms. The third kappa shape index (κ3) is 5.85. The molecule has 2 aromatic rings. The number of nitrogens with two attached hydrogens (primary N) is 1. The van der Waals surface area contributed by atoms with Gasteiger partial charge in [-0.05, 0) is 60.9 Å². The molecule has 1 aliphatic carbocycles. The van der Waals surface area contributed by atoms with Crippen molar-refractivity contribution >= 4 is 5.91 Å². The van der Waals surface area contributed by atoms with Crippen molar-refractivity contribution in [3.8, 4) is 5.75 Å². The second-order valence-electron chi connectivity index (χ2n) is 8.76. The van der Waals surface area contributed by atoms with Crippen LogP contribution in [0.2, 0.25) is 0 Å². The number of aliphatic hydroxyl groups excluding tert-OH is 1. The molecule has 0 aromatic heterocycles. The topological polar surface area (TPSA) is 85.0 Å². The number of carbonyl (C=O) groups excluding carboxylic acids is 1. The Balaban J connectivity index is 1.20. The number of likely N-dealkylation sites (tertiary alicyclic amines) is 1. The zero-order chi connectivity index (χ0) is 21.6. The highest BCUT2D eigenvalue weighted by Gasteiger charge is 2.42. The van der Waals surface area contributed by atoms with E-state index < -0.39 is 12.0 Å². The molecule has 4 rings (SSSR count). The van der Waals surface area contributed by atoms with E-state index in [-0.39, 0.29) is 6.10 Å². The summed E-state index contributed by atoms with van der Waals surface area (Å²) in [6.45, 7) is 4.54. The van der Waals surface area contributed by atoms with E-state index in [2.05, 4.69) is 17.0 Å². The maximum Gasteiger partial charge on any atom is 0.248 e. The molecule has 0 spiro atoms. The molecule has 31 heavy (non-hydrogen) atoms. The summed E-state index contributed by atoms with van der Waals surface area (Å²) < 4.78 is 11.9. The quantitative estimate of drug-likeness (QED) is 0.605. The van der Waals surface area contributed by atoms with Gasteiger partial charge in [-0.15, -0.1) is 0 Å². The predicted molar refractivity (Wildman–Crippen MR) is 119 cm³/mol. The lowest BCUT2D eigenvalue weighted by molar-refractivity contribution is -0.0231. The minimum atomic E-state index is -0.466. The highest BCUT2D eigenvalue weighted by Crippen LogP contribution is 2.38. The van der Waals surface area contributed by atoms with Gasteiger partial charge in [0.15, 0.2) is 0 Å². The minimum Gasteiger partial charge on any atom is -0.488 e. The molecule has 1 saturated heterocycles. The lowest BCUT2D eigenvalue weighted by Gasteiger charge is -2.35. The van der Waals surface area contributed by atoms with E-state index in [1.54, 1.807) is 24.3 Å². The predicted octanol–water partition coefficient (Wildman–Crippen LogP) is 2.84. The van der Waals surface area contributed by atoms with Gasteiger partial charge >= 0.3 is 0 Å². The summed E-state index contributed by atoms with van der Waals surface area (Å²) in [5.74, 6) is 1.28. The summed E-state index contributed by atoms with van der Waals surface area (Å²) in [4.78, 5) is 13.7. The molecule has 4 atom stereocenters. The van der Waals surface area contributed by atoms with Gasteiger partial charge in [-0.3, -0.25) is 4.79 Å². The number of benzene rings is 2. The van der Waals surface area contributed by atoms with Crippen LogP contribution >= 0.6 is 0 Å². The maximum atomic E-state index is 11.2. The van der Waals surface area contributed by atoms with E-state index in [9.17, 15) is 9.90 Å². The SMILES string of the molecule is NC(=O)c1ccc(O[C@@H]2C[C@@H]3CN(CCCOCc4ccccc4)C[C@@H]3C[C@H]2O)cc1. The third-order valence-corrected chi connectivity index (χ3v) is 6.46. The fourth-order valence-electron chi connectivity index (χ4n) is 4.82. The Labute approximate surface area is 184 Å². The van der Waals surface area contributed by atoms with Crippen LogP contribution in [0.4, 0.5) is 0 Å². The standard InChI is InChI=1S/C25H32N2O4/c26-25(29)19-7-9-22(10-8-19)31-24-14-21-16-27(15-20(21)13-23(24)28)11-4-12-30-17-18-5-2-1-3-6-18/h1-3,5-10,20-21,23-24,28H,4,11-17H2,(H2,26,29)/t20-,21+,23+,24+/m0/s1. The van der Waals surface area contributed by atoms with Crippen molar-refractivity contribution in [1.29, 1.82) is 0 Å². The van der Waals surface area contributed by atoms with Crippen molar-refractivity contribution < 1.29 is 19.4 Å². The number of ether oxygens (including phenoxy) is 2. The monoisotopic (exact) mass is 424 g/mol. The summed E-state index contributed by atoms with van der Waals surface area (Å²) >= 11 is 0. The van der Waals surface area contributed by atoms with Gasteiger partial charge in [0, 0.05) is 31.8 Å². The van der Waals surface area contributed by atoms with Crippen LogP contribution in [0.15, 0.2) is 54.6 Å². The molecule has 0 bridgehead atoms. The van der Waals surface area contributed by atoms with Crippen LogP contribution in [0.1, 0.15) is 35.2 Å². The Morgan fingerprint density at radius 2 is 1.74 bits per heavy atom. The Morgan fingerprint density at radius 3 is 2.45 bits per heavy atom. The smallest absolute Gasteiger partial charge is 0.248 e. The number of carbonyl (C=O) groups is 1. The normalized spacial score (nSPS) is 25.8. The molecule has 2 aliphatic rings. The van der Waals surface area contributed by atoms with Gasteiger partial charge in [0.25, 0.3) is 0 Å². The van der Waals surface area contributed by atoms with E-state index in [1.165, 1.54) is 5.56 Å². The Bertz CT molecular complexity index is 842. The molecular weight excluding hydrogens is 392 g/mol. The average molecular weight is 425 g/mol. The summed E-state index contributed by atoms with van der Waals surface area (Å²) in [6.07, 6.45) is 1.96. The van der Waals surface area contributed by atoms with Crippen molar-refractivity contribution in [3.05, 3.63) is 65.7 Å². The number of primary amides is 1. The first-order valence-electron chi connectivity index (χ1n) is 11.2. The highest BCUT2D eigenvalue weighted by atomic mass is 16.5. The molecule has 0 radical (unpaired) electrons. The van der Waals surface area contributed by atoms with E-state index >= 15 is 0 Å². The number of hydrogen-bond donors (Lipinski definition) is 2. The van der Waals surface area contributed by atoms with Gasteiger partial charge < -0.3 is 25.2 Å². The number of aliphatic hydroxyl groups is 1. The van der Waals surface area contributed by atoms with E-state index in [1.807, 2.05) is 18.2 Å². The van der Waals surface area contributed by atoms with E-state index in [4.69, 9.17) is 15.2 Å². The number of rotatable bonds is 9. The maximum absolute atomic E-state index is 11.2. The van der Waals surface area contributed by atoms with Gasteiger partial charge in [0.2, 0.25) is 5.91 Å². The molecule has 166 valence electrons. The molecular formula is C25H32N2O4. The van der Waals surface area contributed by atoms with Crippen LogP contribution in [0.3, 0.4) is 0 Å². The molecule has 1 aliphatic heterocycles. The minimum absolute atomic E-state index is 0.213. The average Bonchev–Trinajstić information content (AvgIpc) is 3.16. The van der Waals surface area contributed by atoms with Crippen molar-refractivity contribution in [1.82, 2.24) is 4.90 Å². The number of fused-ring (bicyclic) bond motifs is 1. The van der Waals surface area contributed by atoms with Crippen molar-refractivity contribution in [3.63, 3.8) is 0 Å². The van der Waals surface area contributed by atoms with Crippen LogP contribution in [-0.4, -0.2) is 54.4 Å². The van der Waals surface area contributed by atoms with Gasteiger partial charge in [0.05, 0.1) is 12.7 Å². The van der Waals surface area contributed by atoms with Crippen LogP contribution in [0, 0.1) is 11.8 Å². The lowest BCUT2D eigenvalue weighted by Crippen LogP contribution is -2.42. The van der Waals surface area contributed by atoms with Gasteiger partial charge in [-0.25, -0.2) is 0 Å². The van der Waals surface area contributed by atoms with Crippen LogP contribution in [0.25, 0.3) is 0 Å². The first-order valence-corrected chi connectivity index (χ1v) is 11.2. The number of nitrogens with zero attached hydrogens (tertiary/aromatic N) is 1. The van der Waals surface area contributed by atoms with Gasteiger partial charge in [-0.2, -0.15) is 0 Å². The van der Waals surface area contributed by atoms with E-state index in [0.717, 1.165) is 45.5 Å². The number of amides is 1. The van der Waals surface area contributed by atoms with Gasteiger partial charge in [-0.1, -0.05) is 30.3 Å². The fraction of sp³-hybridized carbons (Fsp3) is 0.480. The Morgan fingerprint density at radius 1 is 1.03 bits per heavy atom. The summed E-state index contributed by atoms with van der Waals surface area (Å²) in [6, 6.07) is 17.1. The molecule has 6 nitrogen and oxygen atoms in total. The lowest BCUT2D eigenvalue weighted by atomic mass is 9.78. The summed E-state index contributed by atoms with van der Waals surface area (Å²) in [7, 11) is 0. The summed E-state index contributed by atoms with van der Waals surface area (Å²) in [5, 5.41) is 10.6. The fourth-order valence-corrected chi connectivity index (χ4v) is 4.82. The Hall–Kier alpha value is -2.41.